The van der Waals surface area contributed by atoms with Gasteiger partial charge >= 0.3 is 0 Å². The van der Waals surface area contributed by atoms with Crippen LogP contribution in [0.2, 0.25) is 0 Å². The third-order valence-corrected chi connectivity index (χ3v) is 4.11. The fourth-order valence-corrected chi connectivity index (χ4v) is 3.32. The largest absolute Gasteiger partial charge is 0.254 e. The molecule has 0 saturated heterocycles. The summed E-state index contributed by atoms with van der Waals surface area (Å²) in [5, 5.41) is 3.60. The molecule has 4 aromatic rings. The molecule has 0 radical (unpaired) electrons. The van der Waals surface area contributed by atoms with E-state index in [1.54, 1.807) is 11.3 Å². The van der Waals surface area contributed by atoms with Crippen LogP contribution in [0.4, 0.5) is 0 Å². The summed E-state index contributed by atoms with van der Waals surface area (Å²) >= 11 is 1.72. The molecule has 0 aliphatic heterocycles. The summed E-state index contributed by atoms with van der Waals surface area (Å²) in [5.41, 5.74) is 1.07. The third kappa shape index (κ3) is 1.20. The van der Waals surface area contributed by atoms with Gasteiger partial charge in [0, 0.05) is 28.6 Å². The van der Waals surface area contributed by atoms with Crippen molar-refractivity contribution < 1.29 is 0 Å². The molecule has 2 nitrogen and oxygen atoms in total. The molecule has 0 atom stereocenters. The van der Waals surface area contributed by atoms with Crippen LogP contribution >= 0.6 is 11.3 Å². The van der Waals surface area contributed by atoms with Gasteiger partial charge in [0.15, 0.2) is 0 Å². The number of hydrogen-bond donors (Lipinski definition) is 0. The highest BCUT2D eigenvalue weighted by atomic mass is 32.1. The Morgan fingerprint density at radius 3 is 2.76 bits per heavy atom. The van der Waals surface area contributed by atoms with Gasteiger partial charge in [0.25, 0.3) is 0 Å². The van der Waals surface area contributed by atoms with Crippen LogP contribution in [0.1, 0.15) is 0 Å². The first-order chi connectivity index (χ1) is 8.43. The van der Waals surface area contributed by atoms with E-state index in [2.05, 4.69) is 34.2 Å². The Hall–Kier alpha value is -2.00. The van der Waals surface area contributed by atoms with Crippen molar-refractivity contribution in [3.63, 3.8) is 0 Å². The second-order valence-electron chi connectivity index (χ2n) is 3.98. The second kappa shape index (κ2) is 3.25. The van der Waals surface area contributed by atoms with E-state index in [9.17, 15) is 0 Å². The standard InChI is InChI=1S/C14H8N2S/c1-2-5-10-9(4-1)8-16-12-11-6-3-7-15-14(11)17-13(10)12/h1-8H. The Labute approximate surface area is 102 Å². The maximum Gasteiger partial charge on any atom is 0.126 e. The summed E-state index contributed by atoms with van der Waals surface area (Å²) in [4.78, 5) is 10.0. The molecule has 0 saturated carbocycles. The van der Waals surface area contributed by atoms with E-state index in [1.807, 2.05) is 24.5 Å². The van der Waals surface area contributed by atoms with Crippen LogP contribution in [0.15, 0.2) is 48.8 Å². The van der Waals surface area contributed by atoms with E-state index in [0.29, 0.717) is 0 Å². The van der Waals surface area contributed by atoms with Crippen LogP contribution in [-0.2, 0) is 0 Å². The third-order valence-electron chi connectivity index (χ3n) is 2.98. The zero-order valence-corrected chi connectivity index (χ0v) is 9.74. The van der Waals surface area contributed by atoms with Crippen LogP contribution in [0, 0.1) is 0 Å². The molecule has 0 fully saturated rings. The zero-order valence-electron chi connectivity index (χ0n) is 8.92. The zero-order chi connectivity index (χ0) is 11.2. The van der Waals surface area contributed by atoms with Crippen molar-refractivity contribution in [1.82, 2.24) is 9.97 Å². The van der Waals surface area contributed by atoms with Gasteiger partial charge < -0.3 is 0 Å². The molecule has 3 aromatic heterocycles. The highest BCUT2D eigenvalue weighted by Crippen LogP contribution is 2.35. The monoisotopic (exact) mass is 236 g/mol. The molecule has 0 unspecified atom stereocenters. The van der Waals surface area contributed by atoms with Crippen molar-refractivity contribution in [2.24, 2.45) is 0 Å². The van der Waals surface area contributed by atoms with Gasteiger partial charge in [0.2, 0.25) is 0 Å². The van der Waals surface area contributed by atoms with Crippen molar-refractivity contribution in [1.29, 1.82) is 0 Å². The van der Waals surface area contributed by atoms with Crippen molar-refractivity contribution in [3.8, 4) is 0 Å². The molecule has 4 rings (SSSR count). The summed E-state index contributed by atoms with van der Waals surface area (Å²) < 4.78 is 1.23. The second-order valence-corrected chi connectivity index (χ2v) is 4.98. The molecule has 0 aliphatic rings. The average molecular weight is 236 g/mol. The molecule has 80 valence electrons. The van der Waals surface area contributed by atoms with Gasteiger partial charge in [0.05, 0.1) is 10.2 Å². The topological polar surface area (TPSA) is 25.8 Å². The van der Waals surface area contributed by atoms with Gasteiger partial charge in [0.1, 0.15) is 4.83 Å². The Bertz CT molecular complexity index is 848. The van der Waals surface area contributed by atoms with E-state index >= 15 is 0 Å². The number of nitrogens with zero attached hydrogens (tertiary/aromatic N) is 2. The maximum absolute atomic E-state index is 4.57. The smallest absolute Gasteiger partial charge is 0.126 e. The first kappa shape index (κ1) is 9.07. The van der Waals surface area contributed by atoms with E-state index in [4.69, 9.17) is 0 Å². The van der Waals surface area contributed by atoms with Crippen LogP contribution in [0.5, 0.6) is 0 Å². The van der Waals surface area contributed by atoms with E-state index in [-0.39, 0.29) is 0 Å². The predicted molar refractivity (Wildman–Crippen MR) is 72.4 cm³/mol. The van der Waals surface area contributed by atoms with Crippen LogP contribution < -0.4 is 0 Å². The summed E-state index contributed by atoms with van der Waals surface area (Å²) in [6.07, 6.45) is 3.77. The van der Waals surface area contributed by atoms with Crippen LogP contribution in [0.25, 0.3) is 31.2 Å². The molecule has 0 bridgehead atoms. The lowest BCUT2D eigenvalue weighted by atomic mass is 10.1. The number of rotatable bonds is 0. The number of aromatic nitrogens is 2. The van der Waals surface area contributed by atoms with Gasteiger partial charge in [-0.25, -0.2) is 4.98 Å². The quantitative estimate of drug-likeness (QED) is 0.461. The molecular formula is C14H8N2S. The van der Waals surface area contributed by atoms with Crippen molar-refractivity contribution in [3.05, 3.63) is 48.8 Å². The molecule has 1 aromatic carbocycles. The summed E-state index contributed by atoms with van der Waals surface area (Å²) in [5.74, 6) is 0. The molecular weight excluding hydrogens is 228 g/mol. The minimum atomic E-state index is 1.06. The Balaban J connectivity index is 2.34. The Morgan fingerprint density at radius 2 is 1.76 bits per heavy atom. The van der Waals surface area contributed by atoms with E-state index in [0.717, 1.165) is 15.7 Å². The number of thiophene rings is 1. The molecule has 3 heterocycles. The Kier molecular flexibility index (Phi) is 1.73. The fourth-order valence-electron chi connectivity index (χ4n) is 2.18. The molecule has 3 heteroatoms. The Morgan fingerprint density at radius 1 is 0.882 bits per heavy atom. The van der Waals surface area contributed by atoms with Gasteiger partial charge in [-0.05, 0) is 12.1 Å². The molecule has 0 N–H and O–H groups in total. The van der Waals surface area contributed by atoms with Gasteiger partial charge in [-0.15, -0.1) is 11.3 Å². The predicted octanol–water partition coefficient (Wildman–Crippen LogP) is 4.00. The van der Waals surface area contributed by atoms with E-state index < -0.39 is 0 Å². The summed E-state index contributed by atoms with van der Waals surface area (Å²) in [6.45, 7) is 0. The maximum atomic E-state index is 4.57. The first-order valence-corrected chi connectivity index (χ1v) is 6.26. The highest BCUT2D eigenvalue weighted by molar-refractivity contribution is 7.26. The molecule has 17 heavy (non-hydrogen) atoms. The normalized spacial score (nSPS) is 11.5. The summed E-state index contributed by atoms with van der Waals surface area (Å²) in [6, 6.07) is 12.4. The number of fused-ring (bicyclic) bond motifs is 5. The summed E-state index contributed by atoms with van der Waals surface area (Å²) in [7, 11) is 0. The number of benzene rings is 1. The van der Waals surface area contributed by atoms with Gasteiger partial charge in [-0.1, -0.05) is 24.3 Å². The number of pyridine rings is 2. The fraction of sp³-hybridized carbons (Fsp3) is 0. The van der Waals surface area contributed by atoms with Crippen molar-refractivity contribution >= 4 is 42.5 Å². The lowest BCUT2D eigenvalue weighted by Gasteiger charge is -1.97. The SMILES string of the molecule is c1ccc2c(c1)cnc1c3cccnc3sc21. The van der Waals surface area contributed by atoms with Gasteiger partial charge in [-0.2, -0.15) is 0 Å². The van der Waals surface area contributed by atoms with Gasteiger partial charge in [-0.3, -0.25) is 4.98 Å². The molecule has 0 spiro atoms. The van der Waals surface area contributed by atoms with E-state index in [1.165, 1.54) is 15.5 Å². The molecule has 0 amide bonds. The highest BCUT2D eigenvalue weighted by Gasteiger charge is 2.09. The van der Waals surface area contributed by atoms with Crippen molar-refractivity contribution in [2.45, 2.75) is 0 Å². The van der Waals surface area contributed by atoms with Crippen molar-refractivity contribution in [2.75, 3.05) is 0 Å². The number of hydrogen-bond acceptors (Lipinski definition) is 3. The van der Waals surface area contributed by atoms with Crippen LogP contribution in [0.3, 0.4) is 0 Å². The lowest BCUT2D eigenvalue weighted by molar-refractivity contribution is 1.43. The minimum absolute atomic E-state index is 1.06. The molecule has 0 aliphatic carbocycles. The lowest BCUT2D eigenvalue weighted by Crippen LogP contribution is -1.77. The first-order valence-electron chi connectivity index (χ1n) is 5.44. The average Bonchev–Trinajstić information content (AvgIpc) is 2.78. The minimum Gasteiger partial charge on any atom is -0.254 e. The van der Waals surface area contributed by atoms with Crippen LogP contribution in [-0.4, -0.2) is 9.97 Å².